The van der Waals surface area contributed by atoms with Gasteiger partial charge in [0.25, 0.3) is 10.2 Å². The molecule has 2 heterocycles. The van der Waals surface area contributed by atoms with Crippen LogP contribution in [0.25, 0.3) is 10.9 Å². The monoisotopic (exact) mass is 371 g/mol. The molecule has 26 heavy (non-hydrogen) atoms. The fraction of sp³-hybridized carbons (Fsp3) is 0.444. The van der Waals surface area contributed by atoms with E-state index in [1.807, 2.05) is 0 Å². The van der Waals surface area contributed by atoms with Gasteiger partial charge >= 0.3 is 0 Å². The minimum atomic E-state index is -3.65. The molecule has 0 amide bonds. The maximum absolute atomic E-state index is 11.1. The lowest BCUT2D eigenvalue weighted by Gasteiger charge is -2.60. The number of nitrogens with zero attached hydrogens (tertiary/aromatic N) is 3. The molecule has 4 rings (SSSR count). The van der Waals surface area contributed by atoms with E-state index in [4.69, 9.17) is 5.14 Å². The number of pyridine rings is 1. The summed E-state index contributed by atoms with van der Waals surface area (Å²) in [6.45, 7) is 5.75. The van der Waals surface area contributed by atoms with Gasteiger partial charge in [0.2, 0.25) is 0 Å². The van der Waals surface area contributed by atoms with E-state index in [2.05, 4.69) is 46.7 Å². The fourth-order valence-electron chi connectivity index (χ4n) is 4.34. The zero-order valence-corrected chi connectivity index (χ0v) is 15.6. The van der Waals surface area contributed by atoms with Crippen LogP contribution in [0.5, 0.6) is 0 Å². The van der Waals surface area contributed by atoms with Gasteiger partial charge in [0.15, 0.2) is 0 Å². The Morgan fingerprint density at radius 3 is 2.58 bits per heavy atom. The van der Waals surface area contributed by atoms with Crippen LogP contribution in [-0.2, 0) is 10.2 Å². The largest absolute Gasteiger partial charge is 0.369 e. The van der Waals surface area contributed by atoms with Crippen molar-refractivity contribution in [2.45, 2.75) is 32.7 Å². The molecular formula is C18H21N5O2S. The van der Waals surface area contributed by atoms with E-state index in [0.717, 1.165) is 42.5 Å². The van der Waals surface area contributed by atoms with Crippen LogP contribution >= 0.6 is 0 Å². The lowest BCUT2D eigenvalue weighted by molar-refractivity contribution is 0.0592. The predicted molar refractivity (Wildman–Crippen MR) is 99.8 cm³/mol. The number of nitriles is 1. The predicted octanol–water partition coefficient (Wildman–Crippen LogP) is 1.49. The highest BCUT2D eigenvalue weighted by Gasteiger charge is 2.53. The van der Waals surface area contributed by atoms with E-state index in [-0.39, 0.29) is 11.5 Å². The molecule has 1 aliphatic carbocycles. The van der Waals surface area contributed by atoms with Crippen molar-refractivity contribution in [1.82, 2.24) is 9.71 Å². The molecule has 1 aromatic heterocycles. The molecule has 2 aliphatic rings. The van der Waals surface area contributed by atoms with Crippen LogP contribution in [0.4, 0.5) is 5.69 Å². The normalized spacial score (nSPS) is 19.2. The first-order valence-corrected chi connectivity index (χ1v) is 10.1. The molecule has 2 aromatic rings. The lowest BCUT2D eigenvalue weighted by Crippen LogP contribution is -2.67. The van der Waals surface area contributed by atoms with Crippen molar-refractivity contribution in [2.75, 3.05) is 18.0 Å². The van der Waals surface area contributed by atoms with Crippen molar-refractivity contribution in [2.24, 2.45) is 10.6 Å². The summed E-state index contributed by atoms with van der Waals surface area (Å²) < 4.78 is 24.7. The molecule has 2 fully saturated rings. The van der Waals surface area contributed by atoms with Gasteiger partial charge in [0, 0.05) is 36.1 Å². The Labute approximate surface area is 153 Å². The lowest BCUT2D eigenvalue weighted by atomic mass is 9.61. The van der Waals surface area contributed by atoms with E-state index >= 15 is 0 Å². The second-order valence-corrected chi connectivity index (χ2v) is 9.04. The third-order valence-corrected chi connectivity index (χ3v) is 6.30. The van der Waals surface area contributed by atoms with E-state index < -0.39 is 10.2 Å². The highest BCUT2D eigenvalue weighted by atomic mass is 32.2. The number of anilines is 1. The smallest absolute Gasteiger partial charge is 0.274 e. The maximum Gasteiger partial charge on any atom is 0.274 e. The van der Waals surface area contributed by atoms with Crippen molar-refractivity contribution in [3.8, 4) is 6.07 Å². The SMILES string of the molecule is Cc1cc2ncc(C#N)c(N3CC4(CC(NS(N)(=O)=O)C4)C3)c2cc1C. The number of hydrogen-bond donors (Lipinski definition) is 2. The second-order valence-electron chi connectivity index (χ2n) is 7.71. The Balaban J connectivity index is 1.59. The van der Waals surface area contributed by atoms with Gasteiger partial charge in [-0.25, -0.2) is 5.14 Å². The number of fused-ring (bicyclic) bond motifs is 1. The Morgan fingerprint density at radius 1 is 1.31 bits per heavy atom. The second kappa shape index (κ2) is 5.64. The molecule has 1 spiro atoms. The molecular weight excluding hydrogens is 350 g/mol. The van der Waals surface area contributed by atoms with E-state index in [0.29, 0.717) is 5.56 Å². The number of hydrogen-bond acceptors (Lipinski definition) is 5. The maximum atomic E-state index is 11.1. The van der Waals surface area contributed by atoms with Gasteiger partial charge in [0.1, 0.15) is 6.07 Å². The van der Waals surface area contributed by atoms with E-state index in [1.165, 1.54) is 11.1 Å². The average Bonchev–Trinajstić information content (AvgIpc) is 2.48. The van der Waals surface area contributed by atoms with E-state index in [1.54, 1.807) is 6.20 Å². The number of nitrogens with one attached hydrogen (secondary N) is 1. The summed E-state index contributed by atoms with van der Waals surface area (Å²) in [5, 5.41) is 15.6. The van der Waals surface area contributed by atoms with Crippen LogP contribution in [-0.4, -0.2) is 32.5 Å². The molecule has 0 unspecified atom stereocenters. The van der Waals surface area contributed by atoms with Crippen molar-refractivity contribution < 1.29 is 8.42 Å². The molecule has 0 radical (unpaired) electrons. The van der Waals surface area contributed by atoms with Gasteiger partial charge in [-0.1, -0.05) is 0 Å². The van der Waals surface area contributed by atoms with Crippen molar-refractivity contribution in [3.63, 3.8) is 0 Å². The summed E-state index contributed by atoms with van der Waals surface area (Å²) in [4.78, 5) is 6.65. The molecule has 0 atom stereocenters. The minimum absolute atomic E-state index is 0.0818. The quantitative estimate of drug-likeness (QED) is 0.849. The number of aromatic nitrogens is 1. The van der Waals surface area contributed by atoms with E-state index in [9.17, 15) is 13.7 Å². The fourth-order valence-corrected chi connectivity index (χ4v) is 4.97. The van der Waals surface area contributed by atoms with Crippen LogP contribution in [0.2, 0.25) is 0 Å². The Morgan fingerprint density at radius 2 is 1.96 bits per heavy atom. The third-order valence-electron chi connectivity index (χ3n) is 5.63. The molecule has 1 aliphatic heterocycles. The number of rotatable bonds is 3. The summed E-state index contributed by atoms with van der Waals surface area (Å²) in [6, 6.07) is 6.34. The van der Waals surface area contributed by atoms with Crippen molar-refractivity contribution >= 4 is 26.8 Å². The molecule has 7 nitrogen and oxygen atoms in total. The number of benzene rings is 1. The van der Waals surface area contributed by atoms with Crippen molar-refractivity contribution in [1.29, 1.82) is 5.26 Å². The van der Waals surface area contributed by atoms with Gasteiger partial charge in [-0.2, -0.15) is 18.4 Å². The van der Waals surface area contributed by atoms with Crippen LogP contribution in [0.15, 0.2) is 18.3 Å². The van der Waals surface area contributed by atoms with Crippen LogP contribution in [0, 0.1) is 30.6 Å². The molecule has 1 saturated heterocycles. The standard InChI is InChI=1S/C18H21N5O2S/c1-11-3-15-16(4-12(11)2)21-8-13(7-19)17(15)23-9-18(10-23)5-14(6-18)22-26(20,24)25/h3-4,8,14,22H,5-6,9-10H2,1-2H3,(H2,20,24,25). The molecule has 0 bridgehead atoms. The van der Waals surface area contributed by atoms with Crippen LogP contribution in [0.1, 0.15) is 29.5 Å². The molecule has 1 aromatic carbocycles. The summed E-state index contributed by atoms with van der Waals surface area (Å²) in [5.74, 6) is 0. The Kier molecular flexibility index (Phi) is 3.74. The minimum Gasteiger partial charge on any atom is -0.369 e. The zero-order valence-electron chi connectivity index (χ0n) is 14.8. The molecule has 136 valence electrons. The Bertz CT molecular complexity index is 1040. The highest BCUT2D eigenvalue weighted by Crippen LogP contribution is 2.51. The van der Waals surface area contributed by atoms with Gasteiger partial charge in [0.05, 0.1) is 16.8 Å². The first-order chi connectivity index (χ1) is 12.2. The first kappa shape index (κ1) is 17.2. The highest BCUT2D eigenvalue weighted by molar-refractivity contribution is 7.87. The average molecular weight is 371 g/mol. The van der Waals surface area contributed by atoms with Gasteiger partial charge in [-0.15, -0.1) is 0 Å². The Hall–Kier alpha value is -2.21. The zero-order chi connectivity index (χ0) is 18.7. The van der Waals surface area contributed by atoms with Crippen molar-refractivity contribution in [3.05, 3.63) is 35.0 Å². The summed E-state index contributed by atoms with van der Waals surface area (Å²) in [6.07, 6.45) is 3.20. The van der Waals surface area contributed by atoms with Gasteiger partial charge in [-0.05, 0) is 49.9 Å². The van der Waals surface area contributed by atoms with Gasteiger partial charge in [-0.3, -0.25) is 4.98 Å². The molecule has 3 N–H and O–H groups in total. The van der Waals surface area contributed by atoms with Gasteiger partial charge < -0.3 is 4.90 Å². The summed E-state index contributed by atoms with van der Waals surface area (Å²) in [5.41, 5.74) is 4.88. The first-order valence-electron chi connectivity index (χ1n) is 8.55. The molecule has 8 heteroatoms. The molecule has 1 saturated carbocycles. The number of aryl methyl sites for hydroxylation is 2. The third kappa shape index (κ3) is 2.82. The van der Waals surface area contributed by atoms with Crippen LogP contribution < -0.4 is 14.8 Å². The topological polar surface area (TPSA) is 112 Å². The summed E-state index contributed by atoms with van der Waals surface area (Å²) >= 11 is 0. The number of nitrogens with two attached hydrogens (primary N) is 1. The summed E-state index contributed by atoms with van der Waals surface area (Å²) in [7, 11) is -3.65. The van der Waals surface area contributed by atoms with Crippen LogP contribution in [0.3, 0.4) is 0 Å².